The highest BCUT2D eigenvalue weighted by atomic mass is 35.5. The first-order chi connectivity index (χ1) is 9.11. The van der Waals surface area contributed by atoms with Crippen molar-refractivity contribution >= 4 is 40.3 Å². The molecule has 3 N–H and O–H groups in total. The van der Waals surface area contributed by atoms with Crippen LogP contribution in [0.15, 0.2) is 30.5 Å². The molecule has 0 saturated carbocycles. The summed E-state index contributed by atoms with van der Waals surface area (Å²) in [7, 11) is 1.55. The Bertz CT molecular complexity index is 620. The molecular weight excluding hydrogens is 284 g/mol. The fourth-order valence-electron chi connectivity index (χ4n) is 1.50. The Labute approximate surface area is 120 Å². The van der Waals surface area contributed by atoms with E-state index in [2.05, 4.69) is 15.5 Å². The van der Waals surface area contributed by atoms with E-state index < -0.39 is 0 Å². The van der Waals surface area contributed by atoms with E-state index in [0.29, 0.717) is 22.2 Å². The van der Waals surface area contributed by atoms with Gasteiger partial charge in [0.25, 0.3) is 0 Å². The van der Waals surface area contributed by atoms with Crippen LogP contribution in [0.3, 0.4) is 0 Å². The lowest BCUT2D eigenvalue weighted by atomic mass is 10.2. The molecule has 1 aromatic carbocycles. The summed E-state index contributed by atoms with van der Waals surface area (Å²) in [6, 6.07) is 6.97. The molecular formula is C12H11ClN4OS. The zero-order valence-corrected chi connectivity index (χ0v) is 11.6. The topological polar surface area (TPSA) is 73.1 Å². The van der Waals surface area contributed by atoms with Gasteiger partial charge in [0.05, 0.1) is 23.9 Å². The van der Waals surface area contributed by atoms with Gasteiger partial charge in [0.15, 0.2) is 5.82 Å². The molecule has 0 fully saturated rings. The second kappa shape index (κ2) is 5.81. The normalized spacial score (nSPS) is 10.0. The highest BCUT2D eigenvalue weighted by Gasteiger charge is 2.08. The first kappa shape index (κ1) is 13.5. The smallest absolute Gasteiger partial charge is 0.163 e. The molecule has 0 unspecified atom stereocenters. The lowest BCUT2D eigenvalue weighted by Gasteiger charge is -2.10. The van der Waals surface area contributed by atoms with Crippen molar-refractivity contribution in [3.63, 3.8) is 0 Å². The third-order valence-corrected chi connectivity index (χ3v) is 2.93. The van der Waals surface area contributed by atoms with Crippen LogP contribution in [-0.2, 0) is 0 Å². The maximum atomic E-state index is 5.96. The Morgan fingerprint density at radius 2 is 2.21 bits per heavy atom. The number of ether oxygens (including phenoxy) is 1. The number of aromatic nitrogens is 2. The second-order valence-electron chi connectivity index (χ2n) is 3.63. The Morgan fingerprint density at radius 3 is 2.89 bits per heavy atom. The van der Waals surface area contributed by atoms with Crippen molar-refractivity contribution in [3.05, 3.63) is 41.0 Å². The van der Waals surface area contributed by atoms with Gasteiger partial charge in [0, 0.05) is 11.8 Å². The first-order valence-corrected chi connectivity index (χ1v) is 6.12. The van der Waals surface area contributed by atoms with Crippen molar-refractivity contribution < 1.29 is 4.74 Å². The van der Waals surface area contributed by atoms with E-state index in [4.69, 9.17) is 34.3 Å². The van der Waals surface area contributed by atoms with E-state index >= 15 is 0 Å². The molecule has 98 valence electrons. The number of anilines is 2. The number of rotatable bonds is 4. The monoisotopic (exact) mass is 294 g/mol. The highest BCUT2D eigenvalue weighted by Crippen LogP contribution is 2.29. The quantitative estimate of drug-likeness (QED) is 0.844. The summed E-state index contributed by atoms with van der Waals surface area (Å²) in [5.41, 5.74) is 7.00. The highest BCUT2D eigenvalue weighted by molar-refractivity contribution is 7.80. The molecule has 0 amide bonds. The van der Waals surface area contributed by atoms with Gasteiger partial charge >= 0.3 is 0 Å². The van der Waals surface area contributed by atoms with Crippen LogP contribution in [0.2, 0.25) is 5.02 Å². The molecule has 0 spiro atoms. The van der Waals surface area contributed by atoms with Crippen LogP contribution < -0.4 is 15.8 Å². The maximum absolute atomic E-state index is 5.96. The van der Waals surface area contributed by atoms with Gasteiger partial charge in [0.1, 0.15) is 10.7 Å². The van der Waals surface area contributed by atoms with Crippen LogP contribution >= 0.6 is 23.8 Å². The number of hydrogen-bond acceptors (Lipinski definition) is 5. The standard InChI is InChI=1S/C12H11ClN4OS/c1-18-10-6-7(2-3-9(10)13)16-12-8(11(14)19)4-5-15-17-12/h2-6H,1H3,(H2,14,19)(H,16,17). The third-order valence-electron chi connectivity index (χ3n) is 2.40. The summed E-state index contributed by atoms with van der Waals surface area (Å²) in [6.07, 6.45) is 1.53. The van der Waals surface area contributed by atoms with Crippen molar-refractivity contribution in [1.29, 1.82) is 0 Å². The van der Waals surface area contributed by atoms with Crippen molar-refractivity contribution in [2.24, 2.45) is 5.73 Å². The third kappa shape index (κ3) is 3.10. The van der Waals surface area contributed by atoms with Crippen LogP contribution in [0.5, 0.6) is 5.75 Å². The van der Waals surface area contributed by atoms with Crippen LogP contribution in [-0.4, -0.2) is 22.3 Å². The van der Waals surface area contributed by atoms with Crippen molar-refractivity contribution in [2.45, 2.75) is 0 Å². The lowest BCUT2D eigenvalue weighted by Crippen LogP contribution is -2.13. The molecule has 0 radical (unpaired) electrons. The predicted octanol–water partition coefficient (Wildman–Crippen LogP) is 2.52. The summed E-state index contributed by atoms with van der Waals surface area (Å²) >= 11 is 10.9. The minimum absolute atomic E-state index is 0.248. The largest absolute Gasteiger partial charge is 0.495 e. The molecule has 2 aromatic rings. The molecule has 0 aliphatic heterocycles. The molecule has 5 nitrogen and oxygen atoms in total. The van der Waals surface area contributed by atoms with Gasteiger partial charge in [-0.05, 0) is 18.2 Å². The molecule has 0 aliphatic carbocycles. The molecule has 0 bridgehead atoms. The molecule has 1 heterocycles. The molecule has 2 rings (SSSR count). The SMILES string of the molecule is COc1cc(Nc2nnccc2C(N)=S)ccc1Cl. The van der Waals surface area contributed by atoms with Crippen LogP contribution in [0, 0.1) is 0 Å². The van der Waals surface area contributed by atoms with Crippen molar-refractivity contribution in [2.75, 3.05) is 12.4 Å². The Balaban J connectivity index is 2.34. The number of methoxy groups -OCH3 is 1. The first-order valence-electron chi connectivity index (χ1n) is 5.34. The molecule has 0 atom stereocenters. The number of hydrogen-bond donors (Lipinski definition) is 2. The number of halogens is 1. The fourth-order valence-corrected chi connectivity index (χ4v) is 1.86. The Morgan fingerprint density at radius 1 is 1.42 bits per heavy atom. The average Bonchev–Trinajstić information content (AvgIpc) is 2.41. The molecule has 0 aliphatic rings. The molecule has 7 heteroatoms. The van der Waals surface area contributed by atoms with Gasteiger partial charge in [-0.2, -0.15) is 5.10 Å². The van der Waals surface area contributed by atoms with E-state index in [9.17, 15) is 0 Å². The summed E-state index contributed by atoms with van der Waals surface area (Å²) in [5.74, 6) is 1.05. The van der Waals surface area contributed by atoms with E-state index in [1.54, 1.807) is 31.4 Å². The van der Waals surface area contributed by atoms with Gasteiger partial charge in [-0.15, -0.1) is 5.10 Å². The van der Waals surface area contributed by atoms with Crippen LogP contribution in [0.4, 0.5) is 11.5 Å². The van der Waals surface area contributed by atoms with Crippen LogP contribution in [0.1, 0.15) is 5.56 Å². The molecule has 19 heavy (non-hydrogen) atoms. The van der Waals surface area contributed by atoms with E-state index in [1.165, 1.54) is 6.20 Å². The zero-order valence-electron chi connectivity index (χ0n) is 10.1. The van der Waals surface area contributed by atoms with Crippen LogP contribution in [0.25, 0.3) is 0 Å². The van der Waals surface area contributed by atoms with Gasteiger partial charge in [0.2, 0.25) is 0 Å². The summed E-state index contributed by atoms with van der Waals surface area (Å²) in [5, 5.41) is 11.4. The lowest BCUT2D eigenvalue weighted by molar-refractivity contribution is 0.415. The minimum Gasteiger partial charge on any atom is -0.495 e. The number of thiocarbonyl (C=S) groups is 1. The van der Waals surface area contributed by atoms with Gasteiger partial charge in [-0.25, -0.2) is 0 Å². The summed E-state index contributed by atoms with van der Waals surface area (Å²) in [4.78, 5) is 0.248. The summed E-state index contributed by atoms with van der Waals surface area (Å²) < 4.78 is 5.14. The number of benzene rings is 1. The summed E-state index contributed by atoms with van der Waals surface area (Å²) in [6.45, 7) is 0. The second-order valence-corrected chi connectivity index (χ2v) is 4.48. The number of nitrogens with two attached hydrogens (primary N) is 1. The minimum atomic E-state index is 0.248. The zero-order chi connectivity index (χ0) is 13.8. The number of nitrogens with zero attached hydrogens (tertiary/aromatic N) is 2. The van der Waals surface area contributed by atoms with Gasteiger partial charge in [-0.1, -0.05) is 23.8 Å². The predicted molar refractivity (Wildman–Crippen MR) is 79.2 cm³/mol. The molecule has 1 aromatic heterocycles. The molecule has 0 saturated heterocycles. The van der Waals surface area contributed by atoms with Gasteiger partial charge in [-0.3, -0.25) is 0 Å². The van der Waals surface area contributed by atoms with E-state index in [1.807, 2.05) is 0 Å². The fraction of sp³-hybridized carbons (Fsp3) is 0.0833. The van der Waals surface area contributed by atoms with Crippen molar-refractivity contribution in [3.8, 4) is 5.75 Å². The average molecular weight is 295 g/mol. The Kier molecular flexibility index (Phi) is 4.13. The van der Waals surface area contributed by atoms with E-state index in [0.717, 1.165) is 5.69 Å². The number of nitrogens with one attached hydrogen (secondary N) is 1. The Hall–Kier alpha value is -1.92. The van der Waals surface area contributed by atoms with Gasteiger partial charge < -0.3 is 15.8 Å². The maximum Gasteiger partial charge on any atom is 0.163 e. The van der Waals surface area contributed by atoms with Crippen molar-refractivity contribution in [1.82, 2.24) is 10.2 Å². The van der Waals surface area contributed by atoms with E-state index in [-0.39, 0.29) is 4.99 Å².